The fraction of sp³-hybridized carbons (Fsp3) is 0.642. The molecule has 0 radical (unpaired) electrons. The molecule has 8 heterocycles. The molecular weight excluding hydrogens is 1280 g/mol. The van der Waals surface area contributed by atoms with Crippen molar-refractivity contribution in [3.63, 3.8) is 0 Å². The Morgan fingerprint density at radius 2 is 1.03 bits per heavy atom. The number of hydrogen-bond donors (Lipinski definition) is 3. The number of methoxy groups -OCH3 is 4. The number of likely N-dealkylation sites (N-methyl/N-ethyl adjacent to an activating group) is 2. The molecule has 2 aromatic rings. The molecule has 0 spiro atoms. The van der Waals surface area contributed by atoms with Gasteiger partial charge in [-0.3, -0.25) is 29.2 Å². The van der Waals surface area contributed by atoms with Gasteiger partial charge in [-0.2, -0.15) is 10.5 Å². The molecule has 27 heteroatoms. The standard InChI is InChI=1S/C36H51N3O9Si.C30H37N3O9.CH2Cl2/c1-20-13-22-14-23-25(16-37)39-24(29(38(23)6)27(22)32(30(20)43-8)45-18-44-12-11-42-7)15-36(41)28(26(39)17-48-49(9,10)35(3,4)5)33-31(46-19-47-33)21(2)34(36)40;1-15-8-17-9-18-20(11-31)33-19(24(32(18)3)22(17)27(25(15)38-5)40-13-39-7-6-37-4)10-30(36)23(21(33)12-34)28-26(41-14-42-28)16(2)29(30)35;2-1-3/h13,23-26,29,41H,11-12,14-15,17-19H2,1-10H3;8,18-21,24,34,36H,6-7,9-10,12-14H2,1-5H3;1H2/t23-,24?,25-,26-,29-,36?;18-,19?,20-,21-,24-,30?;/m00./s1. The minimum atomic E-state index is -2.33. The zero-order valence-corrected chi connectivity index (χ0v) is 59.0. The number of aliphatic hydroxyl groups excluding tert-OH is 1. The zero-order valence-electron chi connectivity index (χ0n) is 56.4. The summed E-state index contributed by atoms with van der Waals surface area (Å²) in [5.41, 5.74) is 3.04. The van der Waals surface area contributed by atoms with Crippen LogP contribution >= 0.6 is 23.2 Å². The summed E-state index contributed by atoms with van der Waals surface area (Å²) in [5.74, 6) is 2.65. The molecule has 0 amide bonds. The van der Waals surface area contributed by atoms with Gasteiger partial charge in [0.15, 0.2) is 90.7 Å². The van der Waals surface area contributed by atoms with Gasteiger partial charge in [-0.15, -0.1) is 23.2 Å². The Hall–Kier alpha value is -5.56. The average molecular weight is 1370 g/mol. The van der Waals surface area contributed by atoms with E-state index in [4.69, 9.17) is 84.5 Å². The molecule has 4 bridgehead atoms. The highest BCUT2D eigenvalue weighted by Crippen LogP contribution is 2.60. The molecule has 514 valence electrons. The van der Waals surface area contributed by atoms with Crippen LogP contribution in [-0.4, -0.2) is 229 Å². The molecular formula is C67H90Cl2N6O18Si. The number of nitriles is 2. The Bertz CT molecular complexity index is 3490. The lowest BCUT2D eigenvalue weighted by Crippen LogP contribution is -2.74. The summed E-state index contributed by atoms with van der Waals surface area (Å²) in [6, 6.07) is 4.36. The number of nitrogens with zero attached hydrogens (tertiary/aromatic N) is 6. The fourth-order valence-corrected chi connectivity index (χ4v) is 17.0. The van der Waals surface area contributed by atoms with Crippen LogP contribution in [-0.2, 0) is 64.8 Å². The zero-order chi connectivity index (χ0) is 68.3. The Kier molecular flexibility index (Phi) is 21.3. The number of aryl methyl sites for hydroxylation is 2. The number of carbonyl (C=O) groups excluding carboxylic acids is 2. The van der Waals surface area contributed by atoms with Gasteiger partial charge in [0.25, 0.3) is 0 Å². The molecule has 24 nitrogen and oxygen atoms in total. The van der Waals surface area contributed by atoms with Crippen molar-refractivity contribution in [1.82, 2.24) is 19.6 Å². The van der Waals surface area contributed by atoms with Crippen molar-refractivity contribution in [3.05, 3.63) is 90.8 Å². The first-order chi connectivity index (χ1) is 44.8. The van der Waals surface area contributed by atoms with E-state index in [-0.39, 0.29) is 97.8 Å². The molecule has 10 aliphatic rings. The van der Waals surface area contributed by atoms with E-state index < -0.39 is 80.0 Å². The van der Waals surface area contributed by atoms with Crippen molar-refractivity contribution in [3.8, 4) is 35.1 Å². The molecule has 2 aromatic carbocycles. The number of benzene rings is 2. The Morgan fingerprint density at radius 1 is 0.638 bits per heavy atom. The van der Waals surface area contributed by atoms with Crippen molar-refractivity contribution in [2.24, 2.45) is 0 Å². The second-order valence-electron chi connectivity index (χ2n) is 26.9. The number of aliphatic hydroxyl groups is 3. The van der Waals surface area contributed by atoms with Gasteiger partial charge in [0.05, 0.1) is 95.5 Å². The van der Waals surface area contributed by atoms with Crippen molar-refractivity contribution in [1.29, 1.82) is 10.5 Å². The maximum atomic E-state index is 14.3. The Morgan fingerprint density at radius 3 is 1.40 bits per heavy atom. The largest absolute Gasteiger partial charge is 0.493 e. The molecule has 6 saturated heterocycles. The number of piperidine rings is 2. The van der Waals surface area contributed by atoms with E-state index in [1.807, 2.05) is 32.8 Å². The lowest BCUT2D eigenvalue weighted by Gasteiger charge is -2.62. The van der Waals surface area contributed by atoms with E-state index in [0.29, 0.717) is 84.9 Å². The van der Waals surface area contributed by atoms with Crippen LogP contribution in [0.4, 0.5) is 0 Å². The van der Waals surface area contributed by atoms with Gasteiger partial charge in [0, 0.05) is 84.6 Å². The summed E-state index contributed by atoms with van der Waals surface area (Å²) in [6.45, 7) is 19.2. The number of halogens is 2. The Labute approximate surface area is 561 Å². The van der Waals surface area contributed by atoms with Crippen molar-refractivity contribution >= 4 is 43.1 Å². The van der Waals surface area contributed by atoms with E-state index in [1.54, 1.807) is 42.3 Å². The monoisotopic (exact) mass is 1360 g/mol. The van der Waals surface area contributed by atoms with Gasteiger partial charge < -0.3 is 76.6 Å². The van der Waals surface area contributed by atoms with Gasteiger partial charge in [-0.1, -0.05) is 32.9 Å². The summed E-state index contributed by atoms with van der Waals surface area (Å²) in [4.78, 5) is 36.7. The third kappa shape index (κ3) is 11.8. The molecule has 4 unspecified atom stereocenters. The van der Waals surface area contributed by atoms with Crippen LogP contribution in [0.3, 0.4) is 0 Å². The van der Waals surface area contributed by atoms with Crippen LogP contribution in [0.2, 0.25) is 18.1 Å². The number of hydrogen-bond acceptors (Lipinski definition) is 24. The first-order valence-electron chi connectivity index (χ1n) is 31.7. The number of alkyl halides is 2. The topological polar surface area (TPSA) is 275 Å². The maximum absolute atomic E-state index is 14.3. The second kappa shape index (κ2) is 28.1. The van der Waals surface area contributed by atoms with Crippen LogP contribution in [0.15, 0.2) is 57.5 Å². The van der Waals surface area contributed by atoms with Crippen molar-refractivity contribution < 1.29 is 86.2 Å². The van der Waals surface area contributed by atoms with Crippen LogP contribution < -0.4 is 18.9 Å². The van der Waals surface area contributed by atoms with E-state index in [9.17, 15) is 35.4 Å². The van der Waals surface area contributed by atoms with E-state index in [1.165, 1.54) is 0 Å². The number of rotatable bonds is 18. The number of carbonyl (C=O) groups is 2. The first-order valence-corrected chi connectivity index (χ1v) is 35.7. The number of Topliss-reactive ketones (excluding diaryl/α,β-unsaturated/α-hetero) is 2. The average Bonchev–Trinajstić information content (AvgIpc) is 1.16. The highest BCUT2D eigenvalue weighted by atomic mass is 35.5. The highest BCUT2D eigenvalue weighted by Gasteiger charge is 2.67. The summed E-state index contributed by atoms with van der Waals surface area (Å²) in [5, 5.41) is 57.5. The summed E-state index contributed by atoms with van der Waals surface area (Å²) < 4.78 is 76.2. The predicted molar refractivity (Wildman–Crippen MR) is 345 cm³/mol. The predicted octanol–water partition coefficient (Wildman–Crippen LogP) is 6.63. The molecule has 8 aliphatic heterocycles. The minimum Gasteiger partial charge on any atom is -0.493 e. The van der Waals surface area contributed by atoms with E-state index in [0.717, 1.165) is 33.4 Å². The molecule has 0 saturated carbocycles. The number of fused-ring (bicyclic) bond motifs is 16. The van der Waals surface area contributed by atoms with Gasteiger partial charge in [-0.05, 0) is 95.0 Å². The maximum Gasteiger partial charge on any atom is 0.231 e. The quantitative estimate of drug-likeness (QED) is 0.0611. The van der Waals surface area contributed by atoms with Crippen LogP contribution in [0.1, 0.15) is 92.9 Å². The van der Waals surface area contributed by atoms with Crippen LogP contribution in [0.5, 0.6) is 23.0 Å². The van der Waals surface area contributed by atoms with E-state index in [2.05, 4.69) is 72.8 Å². The van der Waals surface area contributed by atoms with Crippen LogP contribution in [0.25, 0.3) is 0 Å². The smallest absolute Gasteiger partial charge is 0.231 e. The molecule has 3 N–H and O–H groups in total. The second-order valence-corrected chi connectivity index (χ2v) is 32.5. The Balaban J connectivity index is 0.000000199. The van der Waals surface area contributed by atoms with Crippen molar-refractivity contribution in [2.45, 2.75) is 164 Å². The molecule has 12 rings (SSSR count). The summed E-state index contributed by atoms with van der Waals surface area (Å²) in [7, 11) is 8.06. The minimum absolute atomic E-state index is 0.0174. The molecule has 2 aliphatic carbocycles. The fourth-order valence-electron chi connectivity index (χ4n) is 16.0. The number of ketones is 2. The lowest BCUT2D eigenvalue weighted by atomic mass is 9.65. The number of piperazine rings is 2. The molecule has 94 heavy (non-hydrogen) atoms. The number of ether oxygens (including phenoxy) is 12. The molecule has 6 fully saturated rings. The highest BCUT2D eigenvalue weighted by molar-refractivity contribution is 6.74. The lowest BCUT2D eigenvalue weighted by molar-refractivity contribution is -0.150. The van der Waals surface area contributed by atoms with E-state index >= 15 is 0 Å². The molecule has 12 atom stereocenters. The normalized spacial score (nSPS) is 29.9. The SMILES string of the molecule is COCCOCOc1c(OC)c(C)cc2c1[C@@H]1C3CC4(O)C(=O)C(C)=C5OCOC5=C4[C@H](CO)N3[C@@H](C#N)[C@H](C2)N1C.COCCOCOc1c(OC)c(C)cc2c1[C@@H]1C3CC4(O)C(=O)C(C)=C5OCOC5=C4[C@H](CO[Si](C)(C)C(C)(C)C)N3[C@@H](C#N)[C@H](C2)N1C.ClCCl. The van der Waals surface area contributed by atoms with Gasteiger partial charge in [-0.25, -0.2) is 0 Å². The first kappa shape index (κ1) is 71.2. The summed E-state index contributed by atoms with van der Waals surface area (Å²) in [6.07, 6.45) is 1.15. The van der Waals surface area contributed by atoms with Crippen LogP contribution in [0, 0.1) is 36.5 Å². The molecule has 0 aromatic heterocycles. The third-order valence-electron chi connectivity index (χ3n) is 21.1. The summed E-state index contributed by atoms with van der Waals surface area (Å²) >= 11 is 9.53. The van der Waals surface area contributed by atoms with Gasteiger partial charge in [0.1, 0.15) is 12.1 Å². The van der Waals surface area contributed by atoms with Gasteiger partial charge in [0.2, 0.25) is 13.6 Å². The van der Waals surface area contributed by atoms with Gasteiger partial charge >= 0.3 is 0 Å². The van der Waals surface area contributed by atoms with Crippen molar-refractivity contribution in [2.75, 3.05) is 115 Å². The third-order valence-corrected chi connectivity index (χ3v) is 25.6.